The van der Waals surface area contributed by atoms with E-state index in [9.17, 15) is 19.2 Å². The number of likely N-dealkylation sites (N-methyl/N-ethyl adjacent to an activating group) is 1. The van der Waals surface area contributed by atoms with Crippen LogP contribution in [0, 0.1) is 0 Å². The molecular formula is C20H21NO6. The zero-order valence-corrected chi connectivity index (χ0v) is 14.9. The summed E-state index contributed by atoms with van der Waals surface area (Å²) >= 11 is 0. The van der Waals surface area contributed by atoms with Crippen LogP contribution in [0.2, 0.25) is 0 Å². The molecule has 0 atom stereocenters. The van der Waals surface area contributed by atoms with Crippen molar-refractivity contribution in [3.63, 3.8) is 0 Å². The fourth-order valence-corrected chi connectivity index (χ4v) is 2.06. The molecule has 0 spiro atoms. The number of benzene rings is 2. The highest BCUT2D eigenvalue weighted by atomic mass is 16.4. The van der Waals surface area contributed by atoms with Crippen LogP contribution in [0.5, 0.6) is 0 Å². The number of carboxylic acid groups (broad SMARTS) is 2. The summed E-state index contributed by atoms with van der Waals surface area (Å²) in [5.74, 6) is -2.36. The van der Waals surface area contributed by atoms with E-state index in [1.807, 2.05) is 6.07 Å². The lowest BCUT2D eigenvalue weighted by Crippen LogP contribution is -2.31. The fraction of sp³-hybridized carbons (Fsp3) is 0.200. The number of nitrogens with zero attached hydrogens (tertiary/aromatic N) is 1. The van der Waals surface area contributed by atoms with Gasteiger partial charge < -0.3 is 15.1 Å². The Morgan fingerprint density at radius 1 is 0.741 bits per heavy atom. The number of carbonyl (C=O) groups is 4. The van der Waals surface area contributed by atoms with Gasteiger partial charge in [-0.25, -0.2) is 0 Å². The van der Waals surface area contributed by atoms with Gasteiger partial charge in [-0.15, -0.1) is 0 Å². The molecule has 0 fully saturated rings. The van der Waals surface area contributed by atoms with Crippen LogP contribution in [-0.4, -0.2) is 52.3 Å². The maximum absolute atomic E-state index is 11.5. The molecule has 2 aromatic carbocycles. The van der Waals surface area contributed by atoms with Gasteiger partial charge >= 0.3 is 11.9 Å². The van der Waals surface area contributed by atoms with Crippen LogP contribution >= 0.6 is 0 Å². The largest absolute Gasteiger partial charge is 0.481 e. The van der Waals surface area contributed by atoms with Gasteiger partial charge in [0, 0.05) is 24.6 Å². The molecule has 27 heavy (non-hydrogen) atoms. The van der Waals surface area contributed by atoms with Gasteiger partial charge in [-0.3, -0.25) is 19.2 Å². The van der Waals surface area contributed by atoms with E-state index in [0.717, 1.165) is 4.90 Å². The van der Waals surface area contributed by atoms with E-state index in [0.29, 0.717) is 11.1 Å². The molecule has 0 aliphatic heterocycles. The van der Waals surface area contributed by atoms with Gasteiger partial charge in [0.05, 0.1) is 6.42 Å². The maximum Gasteiger partial charge on any atom is 0.323 e. The minimum atomic E-state index is -1.02. The molecule has 0 aromatic heterocycles. The summed E-state index contributed by atoms with van der Waals surface area (Å²) in [5, 5.41) is 16.8. The third-order valence-corrected chi connectivity index (χ3v) is 3.40. The van der Waals surface area contributed by atoms with E-state index in [1.165, 1.54) is 7.05 Å². The molecule has 142 valence electrons. The predicted molar refractivity (Wildman–Crippen MR) is 98.7 cm³/mol. The van der Waals surface area contributed by atoms with E-state index in [4.69, 9.17) is 10.2 Å². The third-order valence-electron chi connectivity index (χ3n) is 3.40. The summed E-state index contributed by atoms with van der Waals surface area (Å²) in [5.41, 5.74) is 1.07. The van der Waals surface area contributed by atoms with Gasteiger partial charge in [0.2, 0.25) is 0 Å². The van der Waals surface area contributed by atoms with Crippen LogP contribution in [0.4, 0.5) is 0 Å². The Morgan fingerprint density at radius 2 is 1.22 bits per heavy atom. The number of carboxylic acids is 2. The van der Waals surface area contributed by atoms with Crippen LogP contribution in [-0.2, 0) is 9.59 Å². The molecule has 2 N–H and O–H groups in total. The number of hydrogen-bond acceptors (Lipinski definition) is 4. The minimum absolute atomic E-state index is 0.0688. The van der Waals surface area contributed by atoms with Gasteiger partial charge in [-0.1, -0.05) is 48.5 Å². The van der Waals surface area contributed by atoms with Gasteiger partial charge in [0.25, 0.3) is 5.91 Å². The zero-order chi connectivity index (χ0) is 20.2. The molecule has 0 aliphatic rings. The van der Waals surface area contributed by atoms with Crippen molar-refractivity contribution in [3.05, 3.63) is 71.8 Å². The molecule has 0 saturated carbocycles. The van der Waals surface area contributed by atoms with Crippen LogP contribution in [0.1, 0.15) is 33.6 Å². The quantitative estimate of drug-likeness (QED) is 0.724. The Hall–Kier alpha value is -3.48. The Morgan fingerprint density at radius 3 is 1.67 bits per heavy atom. The van der Waals surface area contributed by atoms with Crippen molar-refractivity contribution >= 4 is 23.6 Å². The highest BCUT2D eigenvalue weighted by Gasteiger charge is 2.13. The van der Waals surface area contributed by atoms with E-state index in [2.05, 4.69) is 0 Å². The van der Waals surface area contributed by atoms with Crippen molar-refractivity contribution in [1.29, 1.82) is 0 Å². The normalized spacial score (nSPS) is 9.52. The third kappa shape index (κ3) is 8.44. The molecule has 1 amide bonds. The average molecular weight is 371 g/mol. The Bertz CT molecular complexity index is 774. The first-order valence-corrected chi connectivity index (χ1v) is 8.13. The maximum atomic E-state index is 11.5. The smallest absolute Gasteiger partial charge is 0.323 e. The molecule has 7 heteroatoms. The lowest BCUT2D eigenvalue weighted by molar-refractivity contribution is -0.138. The topological polar surface area (TPSA) is 112 Å². The second-order valence-corrected chi connectivity index (χ2v) is 5.60. The summed E-state index contributed by atoms with van der Waals surface area (Å²) in [6.07, 6.45) is -0.0346. The van der Waals surface area contributed by atoms with Crippen molar-refractivity contribution in [1.82, 2.24) is 4.90 Å². The van der Waals surface area contributed by atoms with Gasteiger partial charge in [-0.05, 0) is 12.1 Å². The number of Topliss-reactive ketones (excluding diaryl/α,β-unsaturated/α-hetero) is 1. The van der Waals surface area contributed by atoms with E-state index >= 15 is 0 Å². The van der Waals surface area contributed by atoms with Crippen LogP contribution in [0.25, 0.3) is 0 Å². The Balaban J connectivity index is 0.000000271. The first-order valence-electron chi connectivity index (χ1n) is 8.13. The highest BCUT2D eigenvalue weighted by Crippen LogP contribution is 2.04. The monoisotopic (exact) mass is 371 g/mol. The van der Waals surface area contributed by atoms with Crippen molar-refractivity contribution in [3.8, 4) is 0 Å². The number of rotatable bonds is 7. The van der Waals surface area contributed by atoms with Crippen molar-refractivity contribution in [2.45, 2.75) is 12.8 Å². The molecule has 0 radical (unpaired) electrons. The van der Waals surface area contributed by atoms with E-state index in [1.54, 1.807) is 54.6 Å². The SMILES string of the molecule is CN(CC(=O)O)C(=O)c1ccccc1.O=C(O)CCC(=O)c1ccccc1. The molecule has 2 rings (SSSR count). The van der Waals surface area contributed by atoms with Crippen LogP contribution < -0.4 is 0 Å². The van der Waals surface area contributed by atoms with E-state index in [-0.39, 0.29) is 31.1 Å². The summed E-state index contributed by atoms with van der Waals surface area (Å²) in [6.45, 7) is -0.284. The number of aliphatic carboxylic acids is 2. The summed E-state index contributed by atoms with van der Waals surface area (Å²) in [6, 6.07) is 17.3. The predicted octanol–water partition coefficient (Wildman–Crippen LogP) is 2.58. The summed E-state index contributed by atoms with van der Waals surface area (Å²) < 4.78 is 0. The van der Waals surface area contributed by atoms with Gasteiger partial charge in [-0.2, -0.15) is 0 Å². The average Bonchev–Trinajstić information content (AvgIpc) is 2.66. The Kier molecular flexibility index (Phi) is 8.94. The summed E-state index contributed by atoms with van der Waals surface area (Å²) in [7, 11) is 1.46. The molecule has 0 saturated heterocycles. The molecule has 0 aliphatic carbocycles. The number of carbonyl (C=O) groups excluding carboxylic acids is 2. The van der Waals surface area contributed by atoms with Crippen LogP contribution in [0.3, 0.4) is 0 Å². The molecule has 0 unspecified atom stereocenters. The zero-order valence-electron chi connectivity index (χ0n) is 14.9. The van der Waals surface area contributed by atoms with Gasteiger partial charge in [0.15, 0.2) is 5.78 Å². The second kappa shape index (κ2) is 11.2. The first kappa shape index (κ1) is 21.6. The number of ketones is 1. The Labute approximate surface area is 156 Å². The molecule has 2 aromatic rings. The van der Waals surface area contributed by atoms with Crippen LogP contribution in [0.15, 0.2) is 60.7 Å². The standard InChI is InChI=1S/C10H11NO3.C10H10O3/c1-11(7-9(12)13)10(14)8-5-3-2-4-6-8;11-9(6-7-10(12)13)8-4-2-1-3-5-8/h2-6H,7H2,1H3,(H,12,13);1-5H,6-7H2,(H,12,13). The summed E-state index contributed by atoms with van der Waals surface area (Å²) in [4.78, 5) is 44.5. The second-order valence-electron chi connectivity index (χ2n) is 5.60. The highest BCUT2D eigenvalue weighted by molar-refractivity contribution is 5.97. The van der Waals surface area contributed by atoms with Crippen molar-refractivity contribution in [2.24, 2.45) is 0 Å². The number of hydrogen-bond donors (Lipinski definition) is 2. The van der Waals surface area contributed by atoms with Crippen molar-refractivity contribution in [2.75, 3.05) is 13.6 Å². The minimum Gasteiger partial charge on any atom is -0.481 e. The first-order chi connectivity index (χ1) is 12.8. The lowest BCUT2D eigenvalue weighted by Gasteiger charge is -2.13. The lowest BCUT2D eigenvalue weighted by atomic mass is 10.1. The van der Waals surface area contributed by atoms with E-state index < -0.39 is 11.9 Å². The van der Waals surface area contributed by atoms with Gasteiger partial charge in [0.1, 0.15) is 6.54 Å². The number of amides is 1. The van der Waals surface area contributed by atoms with Crippen molar-refractivity contribution < 1.29 is 29.4 Å². The molecule has 0 bridgehead atoms. The molecular weight excluding hydrogens is 350 g/mol. The molecule has 0 heterocycles. The fourth-order valence-electron chi connectivity index (χ4n) is 2.06. The molecule has 7 nitrogen and oxygen atoms in total.